The van der Waals surface area contributed by atoms with E-state index in [1.165, 1.54) is 57.8 Å². The van der Waals surface area contributed by atoms with Crippen molar-refractivity contribution in [2.24, 2.45) is 0 Å². The zero-order valence-corrected chi connectivity index (χ0v) is 15.8. The molecule has 1 heterocycles. The van der Waals surface area contributed by atoms with Gasteiger partial charge in [-0.1, -0.05) is 64.7 Å². The van der Waals surface area contributed by atoms with Gasteiger partial charge in [-0.15, -0.1) is 0 Å². The summed E-state index contributed by atoms with van der Waals surface area (Å²) in [6, 6.07) is 0. The molecule has 25 heavy (non-hydrogen) atoms. The number of rotatable bonds is 14. The Hall–Kier alpha value is -0.620. The second-order valence-electron chi connectivity index (χ2n) is 7.06. The minimum Gasteiger partial charge on any atom is -0.493 e. The van der Waals surface area contributed by atoms with Crippen LogP contribution in [0, 0.1) is 0 Å². The molecule has 1 rings (SSSR count). The van der Waals surface area contributed by atoms with Crippen LogP contribution in [0.5, 0.6) is 0 Å². The quantitative estimate of drug-likeness (QED) is 0.328. The van der Waals surface area contributed by atoms with Crippen LogP contribution in [0.1, 0.15) is 77.6 Å². The van der Waals surface area contributed by atoms with Crippen molar-refractivity contribution in [3.05, 3.63) is 12.3 Å². The lowest BCUT2D eigenvalue weighted by Gasteiger charge is -2.36. The van der Waals surface area contributed by atoms with E-state index >= 15 is 0 Å². The molecule has 0 aromatic heterocycles. The highest BCUT2D eigenvalue weighted by molar-refractivity contribution is 4.89. The van der Waals surface area contributed by atoms with Crippen LogP contribution in [0.4, 0.5) is 0 Å². The molecule has 5 nitrogen and oxygen atoms in total. The molecular formula is C20H38O5. The second-order valence-corrected chi connectivity index (χ2v) is 7.06. The maximum absolute atomic E-state index is 9.99. The predicted octanol–water partition coefficient (Wildman–Crippen LogP) is 3.31. The van der Waals surface area contributed by atoms with Gasteiger partial charge in [0, 0.05) is 0 Å². The van der Waals surface area contributed by atoms with Crippen molar-refractivity contribution in [3.63, 3.8) is 0 Å². The van der Waals surface area contributed by atoms with E-state index in [9.17, 15) is 10.2 Å². The predicted molar refractivity (Wildman–Crippen MR) is 99.3 cm³/mol. The van der Waals surface area contributed by atoms with E-state index in [1.54, 1.807) is 6.26 Å². The van der Waals surface area contributed by atoms with E-state index in [1.807, 2.05) is 6.08 Å². The normalized spacial score (nSPS) is 27.0. The lowest BCUT2D eigenvalue weighted by atomic mass is 10.0. The SMILES string of the molecule is CCCCCCCCCCCC/C=C/O[C@@H]1[C@@H](O)[C@H](CO)OC[C@H]1O. The fourth-order valence-electron chi connectivity index (χ4n) is 3.15. The standard InChI is InChI=1S/C20H38O5/c1-2-3-4-5-6-7-8-9-10-11-12-13-14-24-20-17(22)16-25-18(15-21)19(20)23/h13-14,17-23H,2-12,15-16H2,1H3/b14-13+/t17-,18+,19+,20+/m1/s1. The zero-order chi connectivity index (χ0) is 18.3. The second kappa shape index (κ2) is 14.5. The lowest BCUT2D eigenvalue weighted by molar-refractivity contribution is -0.197. The Labute approximate surface area is 153 Å². The Bertz CT molecular complexity index is 334. The van der Waals surface area contributed by atoms with E-state index in [0.717, 1.165) is 12.8 Å². The van der Waals surface area contributed by atoms with E-state index in [-0.39, 0.29) is 13.2 Å². The van der Waals surface area contributed by atoms with Gasteiger partial charge in [0.2, 0.25) is 0 Å². The van der Waals surface area contributed by atoms with Gasteiger partial charge in [0.15, 0.2) is 6.10 Å². The van der Waals surface area contributed by atoms with Gasteiger partial charge in [-0.2, -0.15) is 0 Å². The zero-order valence-electron chi connectivity index (χ0n) is 15.8. The van der Waals surface area contributed by atoms with Gasteiger partial charge in [0.25, 0.3) is 0 Å². The average Bonchev–Trinajstić information content (AvgIpc) is 2.61. The lowest BCUT2D eigenvalue weighted by Crippen LogP contribution is -2.54. The summed E-state index contributed by atoms with van der Waals surface area (Å²) in [5, 5.41) is 28.9. The molecule has 0 aromatic rings. The Kier molecular flexibility index (Phi) is 13.0. The summed E-state index contributed by atoms with van der Waals surface area (Å²) in [5.74, 6) is 0. The summed E-state index contributed by atoms with van der Waals surface area (Å²) in [6.07, 6.45) is 14.3. The van der Waals surface area contributed by atoms with Crippen LogP contribution >= 0.6 is 0 Å². The maximum Gasteiger partial charge on any atom is 0.154 e. The van der Waals surface area contributed by atoms with Crippen LogP contribution in [0.3, 0.4) is 0 Å². The third kappa shape index (κ3) is 9.59. The Morgan fingerprint density at radius 3 is 2.16 bits per heavy atom. The topological polar surface area (TPSA) is 79.2 Å². The Balaban J connectivity index is 1.99. The van der Waals surface area contributed by atoms with Gasteiger partial charge in [0.05, 0.1) is 19.5 Å². The molecule has 4 atom stereocenters. The highest BCUT2D eigenvalue weighted by Crippen LogP contribution is 2.19. The summed E-state index contributed by atoms with van der Waals surface area (Å²) in [5.41, 5.74) is 0. The maximum atomic E-state index is 9.99. The van der Waals surface area contributed by atoms with Crippen molar-refractivity contribution in [1.29, 1.82) is 0 Å². The molecule has 1 saturated heterocycles. The molecule has 0 unspecified atom stereocenters. The van der Waals surface area contributed by atoms with Crippen LogP contribution in [0.25, 0.3) is 0 Å². The third-order valence-electron chi connectivity index (χ3n) is 4.81. The minimum atomic E-state index is -1.02. The molecule has 0 bridgehead atoms. The number of hydrogen-bond acceptors (Lipinski definition) is 5. The van der Waals surface area contributed by atoms with E-state index in [2.05, 4.69) is 6.92 Å². The average molecular weight is 359 g/mol. The van der Waals surface area contributed by atoms with Gasteiger partial charge in [-0.25, -0.2) is 0 Å². The molecule has 0 amide bonds. The van der Waals surface area contributed by atoms with E-state index < -0.39 is 24.4 Å². The van der Waals surface area contributed by atoms with Crippen molar-refractivity contribution in [2.75, 3.05) is 13.2 Å². The minimum absolute atomic E-state index is 0.0687. The molecule has 0 aromatic carbocycles. The number of aliphatic hydroxyl groups excluding tert-OH is 3. The highest BCUT2D eigenvalue weighted by atomic mass is 16.6. The van der Waals surface area contributed by atoms with Gasteiger partial charge < -0.3 is 24.8 Å². The monoisotopic (exact) mass is 358 g/mol. The number of hydrogen-bond donors (Lipinski definition) is 3. The molecule has 0 spiro atoms. The largest absolute Gasteiger partial charge is 0.493 e. The van der Waals surface area contributed by atoms with Crippen molar-refractivity contribution in [2.45, 2.75) is 102 Å². The Morgan fingerprint density at radius 1 is 0.960 bits per heavy atom. The molecule has 0 saturated carbocycles. The summed E-state index contributed by atoms with van der Waals surface area (Å²) in [6.45, 7) is 2.04. The van der Waals surface area contributed by atoms with E-state index in [0.29, 0.717) is 0 Å². The van der Waals surface area contributed by atoms with Crippen LogP contribution in [0.15, 0.2) is 12.3 Å². The molecule has 5 heteroatoms. The molecule has 0 radical (unpaired) electrons. The first-order valence-electron chi connectivity index (χ1n) is 10.1. The van der Waals surface area contributed by atoms with Crippen LogP contribution < -0.4 is 0 Å². The number of ether oxygens (including phenoxy) is 2. The summed E-state index contributed by atoms with van der Waals surface area (Å²) >= 11 is 0. The fraction of sp³-hybridized carbons (Fsp3) is 0.900. The molecular weight excluding hydrogens is 320 g/mol. The molecule has 1 aliphatic rings. The van der Waals surface area contributed by atoms with Crippen LogP contribution in [0.2, 0.25) is 0 Å². The van der Waals surface area contributed by atoms with Gasteiger partial charge in [-0.05, 0) is 18.9 Å². The molecule has 1 aliphatic heterocycles. The van der Waals surface area contributed by atoms with Crippen molar-refractivity contribution >= 4 is 0 Å². The van der Waals surface area contributed by atoms with Crippen molar-refractivity contribution < 1.29 is 24.8 Å². The first kappa shape index (κ1) is 22.4. The molecule has 3 N–H and O–H groups in total. The van der Waals surface area contributed by atoms with Crippen LogP contribution in [-0.2, 0) is 9.47 Å². The number of unbranched alkanes of at least 4 members (excludes halogenated alkanes) is 10. The van der Waals surface area contributed by atoms with Crippen LogP contribution in [-0.4, -0.2) is 52.9 Å². The number of allylic oxidation sites excluding steroid dienone is 1. The molecule has 1 fully saturated rings. The van der Waals surface area contributed by atoms with Gasteiger partial charge >= 0.3 is 0 Å². The van der Waals surface area contributed by atoms with Gasteiger partial charge in [0.1, 0.15) is 18.3 Å². The van der Waals surface area contributed by atoms with Crippen molar-refractivity contribution in [3.8, 4) is 0 Å². The van der Waals surface area contributed by atoms with E-state index in [4.69, 9.17) is 14.6 Å². The fourth-order valence-corrected chi connectivity index (χ4v) is 3.15. The van der Waals surface area contributed by atoms with Crippen molar-refractivity contribution in [1.82, 2.24) is 0 Å². The smallest absolute Gasteiger partial charge is 0.154 e. The Morgan fingerprint density at radius 2 is 1.56 bits per heavy atom. The first-order valence-corrected chi connectivity index (χ1v) is 10.1. The summed E-state index contributed by atoms with van der Waals surface area (Å²) in [7, 11) is 0. The van der Waals surface area contributed by atoms with Gasteiger partial charge in [-0.3, -0.25) is 0 Å². The first-order chi connectivity index (χ1) is 12.2. The number of aliphatic hydroxyl groups is 3. The third-order valence-corrected chi connectivity index (χ3v) is 4.81. The highest BCUT2D eigenvalue weighted by Gasteiger charge is 2.39. The summed E-state index contributed by atoms with van der Waals surface area (Å²) in [4.78, 5) is 0. The molecule has 0 aliphatic carbocycles. The molecule has 148 valence electrons. The summed E-state index contributed by atoms with van der Waals surface area (Å²) < 4.78 is 10.6.